The summed E-state index contributed by atoms with van der Waals surface area (Å²) in [6.45, 7) is 0.969. The van der Waals surface area contributed by atoms with E-state index in [-0.39, 0.29) is 11.8 Å². The van der Waals surface area contributed by atoms with Crippen molar-refractivity contribution in [2.24, 2.45) is 7.05 Å². The summed E-state index contributed by atoms with van der Waals surface area (Å²) in [4.78, 5) is 16.1. The monoisotopic (exact) mass is 207 g/mol. The highest BCUT2D eigenvalue weighted by atomic mass is 16.1. The van der Waals surface area contributed by atoms with Gasteiger partial charge in [-0.15, -0.1) is 0 Å². The first-order chi connectivity index (χ1) is 7.27. The van der Waals surface area contributed by atoms with Gasteiger partial charge >= 0.3 is 0 Å². The molecule has 15 heavy (non-hydrogen) atoms. The Kier molecular flexibility index (Phi) is 3.16. The van der Waals surface area contributed by atoms with Gasteiger partial charge in [-0.05, 0) is 19.4 Å². The van der Waals surface area contributed by atoms with Crippen LogP contribution >= 0.6 is 0 Å². The molecule has 1 aromatic heterocycles. The normalized spacial score (nSPS) is 21.5. The SMILES string of the molecule is Cn1ccnc1CC(=O)C1CCCCN1. The van der Waals surface area contributed by atoms with Crippen LogP contribution in [0.2, 0.25) is 0 Å². The summed E-state index contributed by atoms with van der Waals surface area (Å²) in [5.74, 6) is 1.12. The molecular weight excluding hydrogens is 190 g/mol. The minimum absolute atomic E-state index is 0.0513. The Morgan fingerprint density at radius 3 is 3.13 bits per heavy atom. The summed E-state index contributed by atoms with van der Waals surface area (Å²) < 4.78 is 1.90. The van der Waals surface area contributed by atoms with Crippen molar-refractivity contribution in [3.8, 4) is 0 Å². The Balaban J connectivity index is 1.94. The lowest BCUT2D eigenvalue weighted by Gasteiger charge is -2.21. The molecule has 1 N–H and O–H groups in total. The summed E-state index contributed by atoms with van der Waals surface area (Å²) in [6.07, 6.45) is 7.37. The average Bonchev–Trinajstić information content (AvgIpc) is 2.66. The van der Waals surface area contributed by atoms with Gasteiger partial charge in [-0.25, -0.2) is 4.98 Å². The van der Waals surface area contributed by atoms with E-state index >= 15 is 0 Å². The van der Waals surface area contributed by atoms with E-state index in [0.717, 1.165) is 25.2 Å². The summed E-state index contributed by atoms with van der Waals surface area (Å²) in [5, 5.41) is 3.26. The number of aryl methyl sites for hydroxylation is 1. The van der Waals surface area contributed by atoms with Crippen LogP contribution in [-0.4, -0.2) is 27.9 Å². The van der Waals surface area contributed by atoms with Crippen molar-refractivity contribution < 1.29 is 4.79 Å². The van der Waals surface area contributed by atoms with E-state index in [2.05, 4.69) is 10.3 Å². The van der Waals surface area contributed by atoms with Gasteiger partial charge in [0.05, 0.1) is 12.5 Å². The zero-order valence-corrected chi connectivity index (χ0v) is 9.07. The molecular formula is C11H17N3O. The lowest BCUT2D eigenvalue weighted by Crippen LogP contribution is -2.41. The van der Waals surface area contributed by atoms with Crippen LogP contribution in [-0.2, 0) is 18.3 Å². The van der Waals surface area contributed by atoms with Crippen molar-refractivity contribution in [1.29, 1.82) is 0 Å². The number of hydrogen-bond donors (Lipinski definition) is 1. The quantitative estimate of drug-likeness (QED) is 0.792. The number of Topliss-reactive ketones (excluding diaryl/α,β-unsaturated/α-hetero) is 1. The molecule has 2 heterocycles. The molecule has 4 heteroatoms. The van der Waals surface area contributed by atoms with Crippen molar-refractivity contribution >= 4 is 5.78 Å². The van der Waals surface area contributed by atoms with Crippen LogP contribution in [0.1, 0.15) is 25.1 Å². The molecule has 1 unspecified atom stereocenters. The van der Waals surface area contributed by atoms with E-state index in [1.54, 1.807) is 6.20 Å². The second-order valence-corrected chi connectivity index (χ2v) is 4.10. The third-order valence-corrected chi connectivity index (χ3v) is 2.95. The van der Waals surface area contributed by atoms with E-state index in [9.17, 15) is 4.79 Å². The van der Waals surface area contributed by atoms with Crippen LogP contribution in [0.5, 0.6) is 0 Å². The van der Waals surface area contributed by atoms with E-state index in [1.165, 1.54) is 6.42 Å². The Morgan fingerprint density at radius 1 is 1.67 bits per heavy atom. The number of nitrogens with zero attached hydrogens (tertiary/aromatic N) is 2. The molecule has 1 aromatic rings. The fraction of sp³-hybridized carbons (Fsp3) is 0.636. The fourth-order valence-corrected chi connectivity index (χ4v) is 1.97. The highest BCUT2D eigenvalue weighted by Gasteiger charge is 2.21. The molecule has 1 saturated heterocycles. The van der Waals surface area contributed by atoms with E-state index < -0.39 is 0 Å². The molecule has 1 atom stereocenters. The molecule has 1 aliphatic heterocycles. The van der Waals surface area contributed by atoms with Crippen LogP contribution in [0.3, 0.4) is 0 Å². The molecule has 1 aliphatic rings. The highest BCUT2D eigenvalue weighted by Crippen LogP contribution is 2.09. The van der Waals surface area contributed by atoms with Crippen molar-refractivity contribution in [1.82, 2.24) is 14.9 Å². The van der Waals surface area contributed by atoms with Gasteiger partial charge in [0.25, 0.3) is 0 Å². The molecule has 4 nitrogen and oxygen atoms in total. The Bertz CT molecular complexity index is 339. The third-order valence-electron chi connectivity index (χ3n) is 2.95. The Morgan fingerprint density at radius 2 is 2.53 bits per heavy atom. The van der Waals surface area contributed by atoms with Crippen LogP contribution in [0.4, 0.5) is 0 Å². The second-order valence-electron chi connectivity index (χ2n) is 4.10. The number of aromatic nitrogens is 2. The highest BCUT2D eigenvalue weighted by molar-refractivity contribution is 5.85. The predicted octanol–water partition coefficient (Wildman–Crippen LogP) is 0.674. The van der Waals surface area contributed by atoms with Gasteiger partial charge in [-0.1, -0.05) is 6.42 Å². The van der Waals surface area contributed by atoms with Crippen molar-refractivity contribution in [3.63, 3.8) is 0 Å². The number of imidazole rings is 1. The smallest absolute Gasteiger partial charge is 0.157 e. The van der Waals surface area contributed by atoms with Gasteiger partial charge in [-0.3, -0.25) is 4.79 Å². The minimum atomic E-state index is 0.0513. The van der Waals surface area contributed by atoms with Crippen LogP contribution in [0, 0.1) is 0 Å². The molecule has 0 spiro atoms. The topological polar surface area (TPSA) is 46.9 Å². The third kappa shape index (κ3) is 2.45. The lowest BCUT2D eigenvalue weighted by molar-refractivity contribution is -0.121. The first-order valence-electron chi connectivity index (χ1n) is 5.49. The van der Waals surface area contributed by atoms with Gasteiger partial charge < -0.3 is 9.88 Å². The first-order valence-corrected chi connectivity index (χ1v) is 5.49. The van der Waals surface area contributed by atoms with Gasteiger partial charge in [0.2, 0.25) is 0 Å². The first kappa shape index (κ1) is 10.4. The molecule has 0 bridgehead atoms. The van der Waals surface area contributed by atoms with Crippen LogP contribution in [0.25, 0.3) is 0 Å². The lowest BCUT2D eigenvalue weighted by atomic mass is 9.99. The summed E-state index contributed by atoms with van der Waals surface area (Å²) in [5.41, 5.74) is 0. The molecule has 0 amide bonds. The summed E-state index contributed by atoms with van der Waals surface area (Å²) in [7, 11) is 1.92. The van der Waals surface area contributed by atoms with Crippen molar-refractivity contribution in [2.45, 2.75) is 31.7 Å². The van der Waals surface area contributed by atoms with Crippen LogP contribution in [0.15, 0.2) is 12.4 Å². The predicted molar refractivity (Wildman–Crippen MR) is 57.6 cm³/mol. The number of piperidine rings is 1. The number of ketones is 1. The molecule has 0 aliphatic carbocycles. The zero-order valence-electron chi connectivity index (χ0n) is 9.07. The van der Waals surface area contributed by atoms with Gasteiger partial charge in [0.1, 0.15) is 5.82 Å². The maximum atomic E-state index is 11.9. The molecule has 0 radical (unpaired) electrons. The van der Waals surface area contributed by atoms with Crippen molar-refractivity contribution in [2.75, 3.05) is 6.54 Å². The van der Waals surface area contributed by atoms with Gasteiger partial charge in [0, 0.05) is 19.4 Å². The van der Waals surface area contributed by atoms with Crippen LogP contribution < -0.4 is 5.32 Å². The van der Waals surface area contributed by atoms with E-state index in [1.807, 2.05) is 17.8 Å². The van der Waals surface area contributed by atoms with E-state index in [0.29, 0.717) is 6.42 Å². The standard InChI is InChI=1S/C11H17N3O/c1-14-7-6-13-11(14)8-10(15)9-4-2-3-5-12-9/h6-7,9,12H,2-5,8H2,1H3. The average molecular weight is 207 g/mol. The number of carbonyl (C=O) groups is 1. The second kappa shape index (κ2) is 4.57. The van der Waals surface area contributed by atoms with E-state index in [4.69, 9.17) is 0 Å². The van der Waals surface area contributed by atoms with Gasteiger partial charge in [0.15, 0.2) is 5.78 Å². The number of carbonyl (C=O) groups excluding carboxylic acids is 1. The number of hydrogen-bond acceptors (Lipinski definition) is 3. The number of rotatable bonds is 3. The maximum Gasteiger partial charge on any atom is 0.157 e. The number of nitrogens with one attached hydrogen (secondary N) is 1. The Hall–Kier alpha value is -1.16. The fourth-order valence-electron chi connectivity index (χ4n) is 1.97. The molecule has 2 rings (SSSR count). The molecule has 0 saturated carbocycles. The molecule has 82 valence electrons. The zero-order chi connectivity index (χ0) is 10.7. The Labute approximate surface area is 89.7 Å². The molecule has 1 fully saturated rings. The summed E-state index contributed by atoms with van der Waals surface area (Å²) in [6, 6.07) is 0.0513. The maximum absolute atomic E-state index is 11.9. The molecule has 0 aromatic carbocycles. The minimum Gasteiger partial charge on any atom is -0.338 e. The largest absolute Gasteiger partial charge is 0.338 e. The summed E-state index contributed by atoms with van der Waals surface area (Å²) >= 11 is 0. The van der Waals surface area contributed by atoms with Crippen molar-refractivity contribution in [3.05, 3.63) is 18.2 Å². The van der Waals surface area contributed by atoms with Gasteiger partial charge in [-0.2, -0.15) is 0 Å².